The first-order valence-corrected chi connectivity index (χ1v) is 17.3. The summed E-state index contributed by atoms with van der Waals surface area (Å²) in [6.07, 6.45) is 16.7. The molecule has 250 valence electrons. The lowest BCUT2D eigenvalue weighted by atomic mass is 9.87. The average molecular weight is 648 g/mol. The fourth-order valence-electron chi connectivity index (χ4n) is 6.92. The van der Waals surface area contributed by atoms with Crippen LogP contribution in [0.5, 0.6) is 0 Å². The molecule has 0 N–H and O–H groups in total. The lowest BCUT2D eigenvalue weighted by Crippen LogP contribution is -2.65. The Morgan fingerprint density at radius 3 is 1.31 bits per heavy atom. The zero-order valence-electron chi connectivity index (χ0n) is 29.8. The molecule has 0 amide bonds. The molecule has 0 aliphatic heterocycles. The summed E-state index contributed by atoms with van der Waals surface area (Å²) in [6, 6.07) is 38.5. The molecule has 49 heavy (non-hydrogen) atoms. The van der Waals surface area contributed by atoms with Crippen LogP contribution in [0.3, 0.4) is 0 Å². The van der Waals surface area contributed by atoms with Gasteiger partial charge >= 0.3 is 0 Å². The SMILES string of the molecule is C=Cc1ccc(-c2ccc(N(C3(OC(C)(C)C)C=CC(c4ccccc4)=CC3)C3(OC(C)(C)C)C=CC(c4ccccc4)=CC3)cc2)cc1. The van der Waals surface area contributed by atoms with Crippen molar-refractivity contribution in [3.05, 3.63) is 169 Å². The van der Waals surface area contributed by atoms with Gasteiger partial charge in [-0.25, -0.2) is 0 Å². The minimum Gasteiger partial charge on any atom is -0.346 e. The van der Waals surface area contributed by atoms with Gasteiger partial charge in [-0.3, -0.25) is 0 Å². The van der Waals surface area contributed by atoms with E-state index in [4.69, 9.17) is 9.47 Å². The predicted octanol–water partition coefficient (Wildman–Crippen LogP) is 11.9. The van der Waals surface area contributed by atoms with Crippen LogP contribution in [0.15, 0.2) is 152 Å². The molecule has 0 fully saturated rings. The van der Waals surface area contributed by atoms with E-state index in [1.54, 1.807) is 0 Å². The maximum atomic E-state index is 7.26. The van der Waals surface area contributed by atoms with Gasteiger partial charge in [0.1, 0.15) is 0 Å². The monoisotopic (exact) mass is 647 g/mol. The summed E-state index contributed by atoms with van der Waals surface area (Å²) in [7, 11) is 0. The van der Waals surface area contributed by atoms with Crippen LogP contribution in [0, 0.1) is 0 Å². The van der Waals surface area contributed by atoms with E-state index >= 15 is 0 Å². The Balaban J connectivity index is 1.51. The van der Waals surface area contributed by atoms with Gasteiger partial charge in [0.05, 0.1) is 11.2 Å². The van der Waals surface area contributed by atoms with E-state index in [1.165, 1.54) is 22.3 Å². The van der Waals surface area contributed by atoms with Gasteiger partial charge in [0, 0.05) is 18.5 Å². The highest BCUT2D eigenvalue weighted by atomic mass is 16.6. The maximum absolute atomic E-state index is 7.26. The number of anilines is 1. The van der Waals surface area contributed by atoms with Crippen molar-refractivity contribution in [1.29, 1.82) is 0 Å². The van der Waals surface area contributed by atoms with E-state index in [9.17, 15) is 0 Å². The molecular formula is C46H49NO2. The van der Waals surface area contributed by atoms with E-state index < -0.39 is 22.7 Å². The van der Waals surface area contributed by atoms with Crippen molar-refractivity contribution in [2.75, 3.05) is 4.90 Å². The normalized spacial score (nSPS) is 20.8. The zero-order valence-corrected chi connectivity index (χ0v) is 29.8. The number of rotatable bonds is 9. The summed E-state index contributed by atoms with van der Waals surface area (Å²) in [5.41, 5.74) is 6.53. The maximum Gasteiger partial charge on any atom is 0.167 e. The molecular weight excluding hydrogens is 599 g/mol. The largest absolute Gasteiger partial charge is 0.346 e. The second-order valence-corrected chi connectivity index (χ2v) is 15.0. The van der Waals surface area contributed by atoms with Crippen LogP contribution in [0.2, 0.25) is 0 Å². The molecule has 2 aliphatic rings. The van der Waals surface area contributed by atoms with Crippen molar-refractivity contribution in [3.8, 4) is 11.1 Å². The summed E-state index contributed by atoms with van der Waals surface area (Å²) < 4.78 is 14.5. The third kappa shape index (κ3) is 7.80. The average Bonchev–Trinajstić information content (AvgIpc) is 3.09. The fraction of sp³-hybridized carbons (Fsp3) is 0.261. The third-order valence-electron chi connectivity index (χ3n) is 8.82. The molecule has 4 aromatic rings. The van der Waals surface area contributed by atoms with Crippen molar-refractivity contribution in [2.24, 2.45) is 0 Å². The van der Waals surface area contributed by atoms with Gasteiger partial charge in [0.2, 0.25) is 0 Å². The minimum absolute atomic E-state index is 0.458. The van der Waals surface area contributed by atoms with E-state index in [1.807, 2.05) is 6.08 Å². The first-order valence-electron chi connectivity index (χ1n) is 17.3. The first-order chi connectivity index (χ1) is 23.4. The zero-order chi connectivity index (χ0) is 34.7. The molecule has 0 aromatic heterocycles. The van der Waals surface area contributed by atoms with Crippen molar-refractivity contribution < 1.29 is 9.47 Å². The van der Waals surface area contributed by atoms with Crippen LogP contribution in [0.25, 0.3) is 28.3 Å². The Hall–Kier alpha value is -4.70. The van der Waals surface area contributed by atoms with Gasteiger partial charge in [-0.15, -0.1) is 0 Å². The number of ether oxygens (including phenoxy) is 2. The van der Waals surface area contributed by atoms with Crippen LogP contribution in [-0.2, 0) is 9.47 Å². The molecule has 2 unspecified atom stereocenters. The highest BCUT2D eigenvalue weighted by molar-refractivity contribution is 5.78. The molecule has 6 rings (SSSR count). The lowest BCUT2D eigenvalue weighted by molar-refractivity contribution is -0.163. The summed E-state index contributed by atoms with van der Waals surface area (Å²) in [6.45, 7) is 16.7. The number of nitrogens with zero attached hydrogens (tertiary/aromatic N) is 1. The van der Waals surface area contributed by atoms with Gasteiger partial charge < -0.3 is 14.4 Å². The minimum atomic E-state index is -0.864. The van der Waals surface area contributed by atoms with E-state index in [-0.39, 0.29) is 0 Å². The number of benzene rings is 4. The smallest absolute Gasteiger partial charge is 0.167 e. The Bertz CT molecular complexity index is 1770. The van der Waals surface area contributed by atoms with E-state index in [2.05, 4.69) is 199 Å². The van der Waals surface area contributed by atoms with Crippen LogP contribution in [0.1, 0.15) is 71.1 Å². The lowest BCUT2D eigenvalue weighted by Gasteiger charge is -2.56. The van der Waals surface area contributed by atoms with Crippen LogP contribution >= 0.6 is 0 Å². The standard InChI is InChI=1S/C46H49NO2/c1-8-35-19-21-38(22-20-35)39-23-25-42(26-24-39)47(45(48-43(2,3)4)31-27-40(28-32-45)36-15-11-9-12-16-36)46(49-44(5,6)7)33-29-41(30-34-46)37-17-13-10-14-18-37/h8-31,33H,1,32,34H2,2-7H3. The quantitative estimate of drug-likeness (QED) is 0.169. The van der Waals surface area contributed by atoms with Gasteiger partial charge in [0.15, 0.2) is 11.4 Å². The highest BCUT2D eigenvalue weighted by Gasteiger charge is 2.51. The second kappa shape index (κ2) is 13.7. The van der Waals surface area contributed by atoms with E-state index in [0.717, 1.165) is 22.4 Å². The van der Waals surface area contributed by atoms with Crippen LogP contribution in [0.4, 0.5) is 5.69 Å². The molecule has 0 radical (unpaired) electrons. The number of hydrogen-bond acceptors (Lipinski definition) is 3. The van der Waals surface area contributed by atoms with Gasteiger partial charge in [0.25, 0.3) is 0 Å². The van der Waals surface area contributed by atoms with Crippen molar-refractivity contribution in [1.82, 2.24) is 0 Å². The van der Waals surface area contributed by atoms with Crippen LogP contribution in [-0.4, -0.2) is 22.7 Å². The molecule has 0 heterocycles. The van der Waals surface area contributed by atoms with E-state index in [0.29, 0.717) is 12.8 Å². The first kappa shape index (κ1) is 34.2. The Morgan fingerprint density at radius 2 is 0.959 bits per heavy atom. The molecule has 2 atom stereocenters. The number of hydrogen-bond donors (Lipinski definition) is 0. The molecule has 2 aliphatic carbocycles. The Labute approximate surface area is 293 Å². The van der Waals surface area contributed by atoms with Crippen molar-refractivity contribution in [2.45, 2.75) is 77.0 Å². The Morgan fingerprint density at radius 1 is 0.551 bits per heavy atom. The molecule has 4 aromatic carbocycles. The Kier molecular flexibility index (Phi) is 9.53. The summed E-state index contributed by atoms with van der Waals surface area (Å²) >= 11 is 0. The highest BCUT2D eigenvalue weighted by Crippen LogP contribution is 2.47. The molecule has 0 bridgehead atoms. The summed E-state index contributed by atoms with van der Waals surface area (Å²) in [4.78, 5) is 2.39. The molecule has 3 heteroatoms. The van der Waals surface area contributed by atoms with Crippen molar-refractivity contribution >= 4 is 22.9 Å². The van der Waals surface area contributed by atoms with Gasteiger partial charge in [-0.2, -0.15) is 0 Å². The number of allylic oxidation sites excluding steroid dienone is 4. The van der Waals surface area contributed by atoms with Crippen LogP contribution < -0.4 is 4.90 Å². The molecule has 0 saturated carbocycles. The third-order valence-corrected chi connectivity index (χ3v) is 8.82. The predicted molar refractivity (Wildman–Crippen MR) is 208 cm³/mol. The van der Waals surface area contributed by atoms with Gasteiger partial charge in [-0.05, 0) is 105 Å². The molecule has 0 saturated heterocycles. The molecule has 3 nitrogen and oxygen atoms in total. The van der Waals surface area contributed by atoms with Gasteiger partial charge in [-0.1, -0.05) is 134 Å². The topological polar surface area (TPSA) is 21.7 Å². The summed E-state index contributed by atoms with van der Waals surface area (Å²) in [5, 5.41) is 0. The fourth-order valence-corrected chi connectivity index (χ4v) is 6.92. The summed E-state index contributed by atoms with van der Waals surface area (Å²) in [5.74, 6) is 0. The molecule has 0 spiro atoms. The van der Waals surface area contributed by atoms with Crippen molar-refractivity contribution in [3.63, 3.8) is 0 Å². The second-order valence-electron chi connectivity index (χ2n) is 15.0.